The number of ether oxygens (including phenoxy) is 1. The number of primary sulfonamides is 1. The SMILES string of the molecule is Cc1c(NC2CCOC2C)cc(N)cc1S(N)(=O)=O. The van der Waals surface area contributed by atoms with Crippen LogP contribution in [-0.2, 0) is 14.8 Å². The smallest absolute Gasteiger partial charge is 0.238 e. The van der Waals surface area contributed by atoms with Crippen LogP contribution in [0.15, 0.2) is 17.0 Å². The van der Waals surface area contributed by atoms with Crippen LogP contribution in [0.4, 0.5) is 11.4 Å². The lowest BCUT2D eigenvalue weighted by Crippen LogP contribution is -2.27. The molecule has 2 rings (SSSR count). The number of hydrogen-bond donors (Lipinski definition) is 3. The number of nitrogens with one attached hydrogen (secondary N) is 1. The van der Waals surface area contributed by atoms with Gasteiger partial charge in [-0.15, -0.1) is 0 Å². The zero-order valence-corrected chi connectivity index (χ0v) is 11.8. The van der Waals surface area contributed by atoms with Crippen molar-refractivity contribution in [2.45, 2.75) is 37.3 Å². The van der Waals surface area contributed by atoms with E-state index in [0.29, 0.717) is 23.5 Å². The summed E-state index contributed by atoms with van der Waals surface area (Å²) in [6.07, 6.45) is 0.957. The molecule has 6 nitrogen and oxygen atoms in total. The van der Waals surface area contributed by atoms with Gasteiger partial charge in [0.05, 0.1) is 17.0 Å². The van der Waals surface area contributed by atoms with E-state index < -0.39 is 10.0 Å². The van der Waals surface area contributed by atoms with Gasteiger partial charge in [-0.3, -0.25) is 0 Å². The Kier molecular flexibility index (Phi) is 3.71. The van der Waals surface area contributed by atoms with Crippen molar-refractivity contribution in [1.82, 2.24) is 0 Å². The third-order valence-electron chi connectivity index (χ3n) is 3.41. The largest absolute Gasteiger partial charge is 0.399 e. The second-order valence-electron chi connectivity index (χ2n) is 4.85. The normalized spacial score (nSPS) is 23.5. The first-order valence-corrected chi connectivity index (χ1v) is 7.64. The molecular formula is C12H19N3O3S. The molecule has 1 saturated heterocycles. The second kappa shape index (κ2) is 4.99. The van der Waals surface area contributed by atoms with Crippen molar-refractivity contribution in [3.05, 3.63) is 17.7 Å². The van der Waals surface area contributed by atoms with Crippen LogP contribution in [0.25, 0.3) is 0 Å². The number of benzene rings is 1. The van der Waals surface area contributed by atoms with E-state index in [0.717, 1.165) is 6.42 Å². The predicted molar refractivity (Wildman–Crippen MR) is 74.4 cm³/mol. The molecule has 1 aliphatic heterocycles. The highest BCUT2D eigenvalue weighted by molar-refractivity contribution is 7.89. The molecule has 7 heteroatoms. The van der Waals surface area contributed by atoms with Crippen LogP contribution in [0.2, 0.25) is 0 Å². The molecule has 0 amide bonds. The van der Waals surface area contributed by atoms with Crippen LogP contribution in [0, 0.1) is 6.92 Å². The van der Waals surface area contributed by atoms with E-state index in [1.807, 2.05) is 6.92 Å². The van der Waals surface area contributed by atoms with Crippen LogP contribution in [0.5, 0.6) is 0 Å². The maximum absolute atomic E-state index is 11.5. The highest BCUT2D eigenvalue weighted by Gasteiger charge is 2.25. The van der Waals surface area contributed by atoms with Crippen LogP contribution < -0.4 is 16.2 Å². The molecule has 0 aliphatic carbocycles. The molecule has 106 valence electrons. The van der Waals surface area contributed by atoms with E-state index in [1.165, 1.54) is 6.07 Å². The van der Waals surface area contributed by atoms with Crippen molar-refractivity contribution in [2.75, 3.05) is 17.7 Å². The van der Waals surface area contributed by atoms with Crippen molar-refractivity contribution in [2.24, 2.45) is 5.14 Å². The third-order valence-corrected chi connectivity index (χ3v) is 4.44. The molecule has 0 aromatic heterocycles. The van der Waals surface area contributed by atoms with Crippen LogP contribution in [-0.4, -0.2) is 27.2 Å². The quantitative estimate of drug-likeness (QED) is 0.712. The van der Waals surface area contributed by atoms with Crippen LogP contribution >= 0.6 is 0 Å². The number of rotatable bonds is 3. The molecule has 0 saturated carbocycles. The fraction of sp³-hybridized carbons (Fsp3) is 0.500. The summed E-state index contributed by atoms with van der Waals surface area (Å²) in [6.45, 7) is 4.39. The highest BCUT2D eigenvalue weighted by Crippen LogP contribution is 2.28. The third kappa shape index (κ3) is 2.99. The maximum atomic E-state index is 11.5. The van der Waals surface area contributed by atoms with E-state index in [9.17, 15) is 8.42 Å². The van der Waals surface area contributed by atoms with E-state index >= 15 is 0 Å². The minimum absolute atomic E-state index is 0.0570. The first-order valence-electron chi connectivity index (χ1n) is 6.10. The summed E-state index contributed by atoms with van der Waals surface area (Å²) in [5.74, 6) is 0. The molecule has 1 aromatic rings. The average Bonchev–Trinajstić information content (AvgIpc) is 2.68. The molecular weight excluding hydrogens is 266 g/mol. The number of sulfonamides is 1. The highest BCUT2D eigenvalue weighted by atomic mass is 32.2. The Morgan fingerprint density at radius 3 is 2.63 bits per heavy atom. The summed E-state index contributed by atoms with van der Waals surface area (Å²) in [5, 5.41) is 8.48. The molecule has 0 radical (unpaired) electrons. The average molecular weight is 285 g/mol. The Morgan fingerprint density at radius 1 is 1.42 bits per heavy atom. The lowest BCUT2D eigenvalue weighted by molar-refractivity contribution is 0.121. The van der Waals surface area contributed by atoms with Crippen molar-refractivity contribution in [3.63, 3.8) is 0 Å². The van der Waals surface area contributed by atoms with E-state index in [4.69, 9.17) is 15.6 Å². The van der Waals surface area contributed by atoms with Gasteiger partial charge in [0, 0.05) is 18.0 Å². The minimum Gasteiger partial charge on any atom is -0.399 e. The molecule has 1 heterocycles. The molecule has 1 aromatic carbocycles. The molecule has 1 fully saturated rings. The zero-order chi connectivity index (χ0) is 14.2. The number of hydrogen-bond acceptors (Lipinski definition) is 5. The minimum atomic E-state index is -3.78. The van der Waals surface area contributed by atoms with E-state index in [1.54, 1.807) is 13.0 Å². The van der Waals surface area contributed by atoms with Crippen molar-refractivity contribution < 1.29 is 13.2 Å². The van der Waals surface area contributed by atoms with Gasteiger partial charge in [0.2, 0.25) is 10.0 Å². The first kappa shape index (κ1) is 14.1. The van der Waals surface area contributed by atoms with Gasteiger partial charge >= 0.3 is 0 Å². The van der Waals surface area contributed by atoms with Gasteiger partial charge in [0.1, 0.15) is 0 Å². The summed E-state index contributed by atoms with van der Waals surface area (Å²) in [7, 11) is -3.78. The first-order chi connectivity index (χ1) is 8.79. The zero-order valence-electron chi connectivity index (χ0n) is 11.0. The van der Waals surface area contributed by atoms with Gasteiger partial charge in [-0.05, 0) is 38.0 Å². The number of nitrogen functional groups attached to an aromatic ring is 1. The van der Waals surface area contributed by atoms with Gasteiger partial charge in [0.25, 0.3) is 0 Å². The number of anilines is 2. The van der Waals surface area contributed by atoms with E-state index in [-0.39, 0.29) is 17.0 Å². The number of nitrogens with two attached hydrogens (primary N) is 2. The molecule has 5 N–H and O–H groups in total. The van der Waals surface area contributed by atoms with Crippen molar-refractivity contribution >= 4 is 21.4 Å². The monoisotopic (exact) mass is 285 g/mol. The molecule has 1 aliphatic rings. The Bertz CT molecular complexity index is 586. The molecule has 0 spiro atoms. The van der Waals surface area contributed by atoms with E-state index in [2.05, 4.69) is 5.32 Å². The maximum Gasteiger partial charge on any atom is 0.238 e. The Balaban J connectivity index is 2.38. The van der Waals surface area contributed by atoms with Gasteiger partial charge in [-0.1, -0.05) is 0 Å². The molecule has 2 unspecified atom stereocenters. The lowest BCUT2D eigenvalue weighted by Gasteiger charge is -2.20. The second-order valence-corrected chi connectivity index (χ2v) is 6.38. The van der Waals surface area contributed by atoms with Crippen LogP contribution in [0.1, 0.15) is 18.9 Å². The van der Waals surface area contributed by atoms with Gasteiger partial charge in [0.15, 0.2) is 0 Å². The summed E-state index contributed by atoms with van der Waals surface area (Å²) in [6, 6.07) is 3.24. The van der Waals surface area contributed by atoms with Crippen molar-refractivity contribution in [3.8, 4) is 0 Å². The van der Waals surface area contributed by atoms with Gasteiger partial charge < -0.3 is 15.8 Å². The fourth-order valence-corrected chi connectivity index (χ4v) is 3.11. The summed E-state index contributed by atoms with van der Waals surface area (Å²) in [5.41, 5.74) is 7.37. The standard InChI is InChI=1S/C12H19N3O3S/c1-7-11(15-10-3-4-18-8(10)2)5-9(13)6-12(7)19(14,16)17/h5-6,8,10,15H,3-4,13H2,1-2H3,(H2,14,16,17). The summed E-state index contributed by atoms with van der Waals surface area (Å²) in [4.78, 5) is 0.0570. The Labute approximate surface area is 113 Å². The predicted octanol–water partition coefficient (Wildman–Crippen LogP) is 0.814. The van der Waals surface area contributed by atoms with Gasteiger partial charge in [-0.25, -0.2) is 13.6 Å². The lowest BCUT2D eigenvalue weighted by atomic mass is 10.1. The Morgan fingerprint density at radius 2 is 2.11 bits per heavy atom. The molecule has 19 heavy (non-hydrogen) atoms. The van der Waals surface area contributed by atoms with Crippen LogP contribution in [0.3, 0.4) is 0 Å². The summed E-state index contributed by atoms with van der Waals surface area (Å²) < 4.78 is 28.5. The molecule has 0 bridgehead atoms. The molecule has 2 atom stereocenters. The fourth-order valence-electron chi connectivity index (χ4n) is 2.28. The summed E-state index contributed by atoms with van der Waals surface area (Å²) >= 11 is 0. The topological polar surface area (TPSA) is 107 Å². The Hall–Kier alpha value is -1.31. The van der Waals surface area contributed by atoms with Gasteiger partial charge in [-0.2, -0.15) is 0 Å². The van der Waals surface area contributed by atoms with Crippen molar-refractivity contribution in [1.29, 1.82) is 0 Å².